The van der Waals surface area contributed by atoms with Gasteiger partial charge in [-0.15, -0.1) is 0 Å². The lowest BCUT2D eigenvalue weighted by Gasteiger charge is -2.23. The van der Waals surface area contributed by atoms with E-state index in [9.17, 15) is 4.79 Å². The average molecular weight is 239 g/mol. The molecule has 1 aliphatic rings. The summed E-state index contributed by atoms with van der Waals surface area (Å²) in [6.45, 7) is 1.98. The zero-order valence-electron chi connectivity index (χ0n) is 9.33. The van der Waals surface area contributed by atoms with Crippen LogP contribution in [0, 0.1) is 6.92 Å². The van der Waals surface area contributed by atoms with Crippen LogP contribution in [-0.4, -0.2) is 11.9 Å². The molecule has 0 amide bonds. The van der Waals surface area contributed by atoms with Crippen LogP contribution in [0.5, 0.6) is 5.75 Å². The molecule has 0 bridgehead atoms. The fourth-order valence-corrected chi connectivity index (χ4v) is 2.13. The van der Waals surface area contributed by atoms with Crippen LogP contribution in [0.15, 0.2) is 18.2 Å². The van der Waals surface area contributed by atoms with Crippen molar-refractivity contribution < 1.29 is 9.53 Å². The molecule has 0 N–H and O–H groups in total. The van der Waals surface area contributed by atoms with Gasteiger partial charge in [0.05, 0.1) is 0 Å². The predicted molar refractivity (Wildman–Crippen MR) is 64.1 cm³/mol. The molecule has 1 fully saturated rings. The summed E-state index contributed by atoms with van der Waals surface area (Å²) in [5.41, 5.74) is 1.06. The molecular weight excluding hydrogens is 224 g/mol. The van der Waals surface area contributed by atoms with Crippen LogP contribution in [0.4, 0.5) is 0 Å². The Morgan fingerprint density at radius 1 is 1.44 bits per heavy atom. The summed E-state index contributed by atoms with van der Waals surface area (Å²) in [6, 6.07) is 5.59. The summed E-state index contributed by atoms with van der Waals surface area (Å²) in [5, 5.41) is 0.669. The lowest BCUT2D eigenvalue weighted by atomic mass is 9.96. The first-order valence-electron chi connectivity index (χ1n) is 5.59. The van der Waals surface area contributed by atoms with Gasteiger partial charge in [0.25, 0.3) is 0 Å². The molecule has 1 unspecified atom stereocenters. The predicted octanol–water partition coefficient (Wildman–Crippen LogP) is 3.54. The maximum Gasteiger partial charge on any atom is 0.136 e. The van der Waals surface area contributed by atoms with Gasteiger partial charge in [0.2, 0.25) is 0 Å². The number of aryl methyl sites for hydroxylation is 1. The minimum Gasteiger partial charge on any atom is -0.490 e. The quantitative estimate of drug-likeness (QED) is 0.788. The summed E-state index contributed by atoms with van der Waals surface area (Å²) in [7, 11) is 0. The van der Waals surface area contributed by atoms with Gasteiger partial charge < -0.3 is 4.74 Å². The van der Waals surface area contributed by atoms with E-state index >= 15 is 0 Å². The van der Waals surface area contributed by atoms with Crippen molar-refractivity contribution in [2.45, 2.75) is 38.7 Å². The third kappa shape index (κ3) is 2.76. The highest BCUT2D eigenvalue weighted by Gasteiger charge is 2.21. The van der Waals surface area contributed by atoms with E-state index in [4.69, 9.17) is 16.3 Å². The second-order valence-corrected chi connectivity index (χ2v) is 4.72. The number of halogens is 1. The third-order valence-electron chi connectivity index (χ3n) is 2.88. The number of hydrogen-bond donors (Lipinski definition) is 0. The number of hydrogen-bond acceptors (Lipinski definition) is 2. The Hall–Kier alpha value is -1.02. The molecule has 3 heteroatoms. The first-order valence-corrected chi connectivity index (χ1v) is 5.97. The fraction of sp³-hybridized carbons (Fsp3) is 0.462. The van der Waals surface area contributed by atoms with Gasteiger partial charge in [-0.05, 0) is 37.5 Å². The number of benzene rings is 1. The molecule has 2 rings (SSSR count). The molecular formula is C13H15ClO2. The average Bonchev–Trinajstić information content (AvgIpc) is 2.24. The molecule has 0 radical (unpaired) electrons. The third-order valence-corrected chi connectivity index (χ3v) is 3.12. The largest absolute Gasteiger partial charge is 0.490 e. The maximum absolute atomic E-state index is 11.3. The second-order valence-electron chi connectivity index (χ2n) is 4.28. The van der Waals surface area contributed by atoms with Gasteiger partial charge >= 0.3 is 0 Å². The van der Waals surface area contributed by atoms with E-state index in [0.717, 1.165) is 24.2 Å². The van der Waals surface area contributed by atoms with Crippen molar-refractivity contribution in [1.29, 1.82) is 0 Å². The Bertz CT molecular complexity index is 401. The van der Waals surface area contributed by atoms with Crippen LogP contribution in [0.25, 0.3) is 0 Å². The van der Waals surface area contributed by atoms with Crippen molar-refractivity contribution in [3.05, 3.63) is 28.8 Å². The first kappa shape index (κ1) is 11.5. The van der Waals surface area contributed by atoms with Crippen LogP contribution in [0.3, 0.4) is 0 Å². The van der Waals surface area contributed by atoms with Gasteiger partial charge in [-0.2, -0.15) is 0 Å². The minimum atomic E-state index is 0.0263. The number of Topliss-reactive ketones (excluding diaryl/α,β-unsaturated/α-hetero) is 1. The SMILES string of the molecule is Cc1ccc(Cl)cc1OC1CCCC(=O)C1. The molecule has 86 valence electrons. The Labute approximate surface area is 101 Å². The van der Waals surface area contributed by atoms with E-state index in [1.165, 1.54) is 0 Å². The molecule has 1 aromatic carbocycles. The summed E-state index contributed by atoms with van der Waals surface area (Å²) >= 11 is 5.92. The molecule has 0 aromatic heterocycles. The molecule has 0 aliphatic heterocycles. The molecule has 0 heterocycles. The van der Waals surface area contributed by atoms with Gasteiger partial charge in [0.15, 0.2) is 0 Å². The number of carbonyl (C=O) groups is 1. The summed E-state index contributed by atoms with van der Waals surface area (Å²) in [5.74, 6) is 1.10. The van der Waals surface area contributed by atoms with Crippen LogP contribution in [0.1, 0.15) is 31.2 Å². The summed E-state index contributed by atoms with van der Waals surface area (Å²) in [6.07, 6.45) is 3.15. The fourth-order valence-electron chi connectivity index (χ4n) is 1.97. The number of ether oxygens (including phenoxy) is 1. The maximum atomic E-state index is 11.3. The number of ketones is 1. The van der Waals surface area contributed by atoms with Crippen molar-refractivity contribution in [2.75, 3.05) is 0 Å². The Morgan fingerprint density at radius 3 is 3.00 bits per heavy atom. The normalized spacial score (nSPS) is 20.9. The molecule has 0 spiro atoms. The highest BCUT2D eigenvalue weighted by atomic mass is 35.5. The summed E-state index contributed by atoms with van der Waals surface area (Å²) < 4.78 is 5.83. The number of carbonyl (C=O) groups excluding carboxylic acids is 1. The Morgan fingerprint density at radius 2 is 2.25 bits per heavy atom. The van der Waals surface area contributed by atoms with Crippen molar-refractivity contribution >= 4 is 17.4 Å². The lowest BCUT2D eigenvalue weighted by Crippen LogP contribution is -2.25. The van der Waals surface area contributed by atoms with Crippen molar-refractivity contribution in [2.24, 2.45) is 0 Å². The van der Waals surface area contributed by atoms with Crippen molar-refractivity contribution in [3.8, 4) is 5.75 Å². The highest BCUT2D eigenvalue weighted by molar-refractivity contribution is 6.30. The van der Waals surface area contributed by atoms with Gasteiger partial charge in [-0.3, -0.25) is 4.79 Å². The number of rotatable bonds is 2. The van der Waals surface area contributed by atoms with Crippen LogP contribution >= 0.6 is 11.6 Å². The zero-order valence-corrected chi connectivity index (χ0v) is 10.1. The molecule has 1 atom stereocenters. The van der Waals surface area contributed by atoms with E-state index in [0.29, 0.717) is 23.6 Å². The first-order chi connectivity index (χ1) is 7.65. The molecule has 2 nitrogen and oxygen atoms in total. The minimum absolute atomic E-state index is 0.0263. The van der Waals surface area contributed by atoms with Crippen molar-refractivity contribution in [3.63, 3.8) is 0 Å². The smallest absolute Gasteiger partial charge is 0.136 e. The molecule has 1 aromatic rings. The van der Waals surface area contributed by atoms with Gasteiger partial charge in [-0.1, -0.05) is 17.7 Å². The summed E-state index contributed by atoms with van der Waals surface area (Å²) in [4.78, 5) is 11.3. The van der Waals surface area contributed by atoms with E-state index < -0.39 is 0 Å². The lowest BCUT2D eigenvalue weighted by molar-refractivity contribution is -0.122. The highest BCUT2D eigenvalue weighted by Crippen LogP contribution is 2.27. The molecule has 0 saturated heterocycles. The van der Waals surface area contributed by atoms with Gasteiger partial charge in [-0.25, -0.2) is 0 Å². The van der Waals surface area contributed by atoms with Crippen LogP contribution in [-0.2, 0) is 4.79 Å². The Kier molecular flexibility index (Phi) is 3.49. The van der Waals surface area contributed by atoms with Crippen molar-refractivity contribution in [1.82, 2.24) is 0 Å². The van der Waals surface area contributed by atoms with E-state index in [2.05, 4.69) is 0 Å². The topological polar surface area (TPSA) is 26.3 Å². The molecule has 1 saturated carbocycles. The second kappa shape index (κ2) is 4.88. The zero-order chi connectivity index (χ0) is 11.5. The molecule has 1 aliphatic carbocycles. The monoisotopic (exact) mass is 238 g/mol. The van der Waals surface area contributed by atoms with Crippen LogP contribution in [0.2, 0.25) is 5.02 Å². The van der Waals surface area contributed by atoms with Crippen LogP contribution < -0.4 is 4.74 Å². The Balaban J connectivity index is 2.08. The van der Waals surface area contributed by atoms with Gasteiger partial charge in [0, 0.05) is 17.9 Å². The molecule has 16 heavy (non-hydrogen) atoms. The van der Waals surface area contributed by atoms with Gasteiger partial charge in [0.1, 0.15) is 17.6 Å². The van der Waals surface area contributed by atoms with E-state index in [-0.39, 0.29) is 6.10 Å². The van der Waals surface area contributed by atoms with E-state index in [1.54, 1.807) is 0 Å². The van der Waals surface area contributed by atoms with E-state index in [1.807, 2.05) is 25.1 Å². The standard InChI is InChI=1S/C13H15ClO2/c1-9-5-6-10(14)7-13(9)16-12-4-2-3-11(15)8-12/h5-7,12H,2-4,8H2,1H3.